The van der Waals surface area contributed by atoms with Gasteiger partial charge in [0, 0.05) is 28.6 Å². The van der Waals surface area contributed by atoms with Crippen LogP contribution in [-0.2, 0) is 6.54 Å². The molecule has 0 bridgehead atoms. The smallest absolute Gasteiger partial charge is 0.269 e. The summed E-state index contributed by atoms with van der Waals surface area (Å²) in [6, 6.07) is 18.9. The Kier molecular flexibility index (Phi) is 3.95. The molecular weight excluding hydrogens is 374 g/mol. The molecule has 1 aliphatic rings. The van der Waals surface area contributed by atoms with Gasteiger partial charge in [0.05, 0.1) is 17.2 Å². The molecule has 3 aromatic carbocycles. The van der Waals surface area contributed by atoms with Crippen molar-refractivity contribution >= 4 is 32.9 Å². The van der Waals surface area contributed by atoms with Gasteiger partial charge >= 0.3 is 0 Å². The molecule has 1 aromatic heterocycles. The van der Waals surface area contributed by atoms with E-state index < -0.39 is 4.92 Å². The summed E-state index contributed by atoms with van der Waals surface area (Å²) in [5, 5.41) is 16.0. The van der Waals surface area contributed by atoms with Gasteiger partial charge < -0.3 is 9.64 Å². The van der Waals surface area contributed by atoms with Crippen molar-refractivity contribution in [3.05, 3.63) is 81.7 Å². The molecule has 0 unspecified atom stereocenters. The molecule has 0 radical (unpaired) electrons. The molecule has 138 valence electrons. The van der Waals surface area contributed by atoms with Crippen molar-refractivity contribution in [3.63, 3.8) is 0 Å². The Bertz CT molecular complexity index is 1190. The fourth-order valence-electron chi connectivity index (χ4n) is 3.42. The Labute approximate surface area is 164 Å². The van der Waals surface area contributed by atoms with Crippen LogP contribution < -0.4 is 9.64 Å². The van der Waals surface area contributed by atoms with E-state index in [1.165, 1.54) is 22.9 Å². The van der Waals surface area contributed by atoms with Gasteiger partial charge in [-0.3, -0.25) is 10.1 Å². The van der Waals surface area contributed by atoms with Crippen molar-refractivity contribution in [3.8, 4) is 17.0 Å². The van der Waals surface area contributed by atoms with Crippen LogP contribution in [0.4, 0.5) is 10.8 Å². The van der Waals surface area contributed by atoms with E-state index in [1.807, 2.05) is 23.6 Å². The van der Waals surface area contributed by atoms with E-state index in [-0.39, 0.29) is 5.69 Å². The number of anilines is 1. The lowest BCUT2D eigenvalue weighted by Gasteiger charge is -2.29. The summed E-state index contributed by atoms with van der Waals surface area (Å²) in [6.07, 6.45) is 0. The van der Waals surface area contributed by atoms with Gasteiger partial charge in [0.25, 0.3) is 5.69 Å². The lowest BCUT2D eigenvalue weighted by molar-refractivity contribution is -0.384. The van der Waals surface area contributed by atoms with E-state index in [1.54, 1.807) is 23.5 Å². The molecular formula is C21H15N3O3S. The van der Waals surface area contributed by atoms with Crippen LogP contribution in [-0.4, -0.2) is 16.6 Å². The summed E-state index contributed by atoms with van der Waals surface area (Å²) >= 11 is 1.54. The number of fused-ring (bicyclic) bond motifs is 3. The molecule has 1 aliphatic heterocycles. The highest BCUT2D eigenvalue weighted by molar-refractivity contribution is 7.14. The zero-order valence-electron chi connectivity index (χ0n) is 14.7. The van der Waals surface area contributed by atoms with Crippen molar-refractivity contribution in [2.24, 2.45) is 0 Å². The monoisotopic (exact) mass is 389 g/mol. The van der Waals surface area contributed by atoms with Crippen molar-refractivity contribution in [1.29, 1.82) is 0 Å². The number of non-ortho nitro benzene ring substituents is 1. The van der Waals surface area contributed by atoms with Gasteiger partial charge in [-0.15, -0.1) is 11.3 Å². The Balaban J connectivity index is 1.44. The van der Waals surface area contributed by atoms with Gasteiger partial charge in [-0.1, -0.05) is 30.3 Å². The van der Waals surface area contributed by atoms with Crippen LogP contribution in [0.1, 0.15) is 5.56 Å². The summed E-state index contributed by atoms with van der Waals surface area (Å²) in [5.41, 5.74) is 2.90. The molecule has 0 N–H and O–H groups in total. The van der Waals surface area contributed by atoms with Crippen LogP contribution in [0.15, 0.2) is 66.0 Å². The number of ether oxygens (including phenoxy) is 1. The number of thiazole rings is 1. The summed E-state index contributed by atoms with van der Waals surface area (Å²) in [5.74, 6) is 0.919. The van der Waals surface area contributed by atoms with Gasteiger partial charge in [-0.2, -0.15) is 0 Å². The van der Waals surface area contributed by atoms with E-state index in [0.717, 1.165) is 34.2 Å². The van der Waals surface area contributed by atoms with Crippen LogP contribution in [0.2, 0.25) is 0 Å². The highest BCUT2D eigenvalue weighted by atomic mass is 32.1. The maximum Gasteiger partial charge on any atom is 0.269 e. The number of rotatable bonds is 3. The number of benzene rings is 3. The minimum absolute atomic E-state index is 0.0760. The number of hydrogen-bond acceptors (Lipinski definition) is 6. The molecule has 0 saturated carbocycles. The van der Waals surface area contributed by atoms with Crippen LogP contribution >= 0.6 is 11.3 Å². The van der Waals surface area contributed by atoms with Crippen molar-refractivity contribution in [1.82, 2.24) is 4.98 Å². The topological polar surface area (TPSA) is 68.5 Å². The zero-order chi connectivity index (χ0) is 19.1. The molecule has 6 nitrogen and oxygen atoms in total. The molecule has 7 heteroatoms. The van der Waals surface area contributed by atoms with Gasteiger partial charge in [-0.05, 0) is 29.0 Å². The third-order valence-corrected chi connectivity index (χ3v) is 5.76. The van der Waals surface area contributed by atoms with E-state index in [4.69, 9.17) is 9.72 Å². The first kappa shape index (κ1) is 16.7. The molecule has 2 heterocycles. The molecule has 0 amide bonds. The number of hydrogen-bond donors (Lipinski definition) is 0. The summed E-state index contributed by atoms with van der Waals surface area (Å²) in [7, 11) is 0. The first-order valence-corrected chi connectivity index (χ1v) is 9.66. The van der Waals surface area contributed by atoms with Gasteiger partial charge in [0.15, 0.2) is 11.9 Å². The Morgan fingerprint density at radius 3 is 2.71 bits per heavy atom. The molecule has 0 saturated heterocycles. The molecule has 0 spiro atoms. The predicted octanol–water partition coefficient (Wildman–Crippen LogP) is 5.23. The molecule has 28 heavy (non-hydrogen) atoms. The molecule has 5 rings (SSSR count). The van der Waals surface area contributed by atoms with Gasteiger partial charge in [0.2, 0.25) is 0 Å². The molecule has 0 atom stereocenters. The fourth-order valence-corrected chi connectivity index (χ4v) is 4.24. The largest absolute Gasteiger partial charge is 0.473 e. The van der Waals surface area contributed by atoms with Crippen molar-refractivity contribution in [2.75, 3.05) is 11.6 Å². The number of nitro groups is 1. The molecule has 0 fully saturated rings. The highest BCUT2D eigenvalue weighted by Crippen LogP contribution is 2.36. The van der Waals surface area contributed by atoms with E-state index >= 15 is 0 Å². The van der Waals surface area contributed by atoms with Crippen LogP contribution in [0.5, 0.6) is 5.75 Å². The second-order valence-corrected chi connectivity index (χ2v) is 7.39. The molecule has 0 aliphatic carbocycles. The van der Waals surface area contributed by atoms with Gasteiger partial charge in [0.1, 0.15) is 5.75 Å². The van der Waals surface area contributed by atoms with E-state index in [0.29, 0.717) is 6.73 Å². The van der Waals surface area contributed by atoms with E-state index in [2.05, 4.69) is 23.1 Å². The third-order valence-electron chi connectivity index (χ3n) is 4.86. The average molecular weight is 389 g/mol. The Hall–Kier alpha value is -3.45. The maximum absolute atomic E-state index is 10.8. The fraction of sp³-hybridized carbons (Fsp3) is 0.0952. The number of aromatic nitrogens is 1. The maximum atomic E-state index is 10.8. The van der Waals surface area contributed by atoms with Crippen molar-refractivity contribution < 1.29 is 9.66 Å². The highest BCUT2D eigenvalue weighted by Gasteiger charge is 2.22. The third kappa shape index (κ3) is 2.86. The number of nitrogens with zero attached hydrogens (tertiary/aromatic N) is 3. The summed E-state index contributed by atoms with van der Waals surface area (Å²) < 4.78 is 5.97. The second kappa shape index (κ2) is 6.61. The first-order chi connectivity index (χ1) is 13.7. The standard InChI is InChI=1S/C21H15N3O3S/c25-24(26)16-8-5-15(6-9-16)19-12-28-21(22-19)23-11-18-17-4-2-1-3-14(17)7-10-20(18)27-13-23/h1-10,12H,11,13H2. The van der Waals surface area contributed by atoms with Crippen molar-refractivity contribution in [2.45, 2.75) is 6.54 Å². The lowest BCUT2D eigenvalue weighted by Crippen LogP contribution is -2.31. The summed E-state index contributed by atoms with van der Waals surface area (Å²) in [6.45, 7) is 1.17. The van der Waals surface area contributed by atoms with Crippen LogP contribution in [0, 0.1) is 10.1 Å². The second-order valence-electron chi connectivity index (χ2n) is 6.55. The average Bonchev–Trinajstić information content (AvgIpc) is 3.23. The lowest BCUT2D eigenvalue weighted by atomic mass is 10.0. The Morgan fingerprint density at radius 2 is 1.89 bits per heavy atom. The zero-order valence-corrected chi connectivity index (χ0v) is 15.6. The minimum atomic E-state index is -0.400. The van der Waals surface area contributed by atoms with Crippen LogP contribution in [0.25, 0.3) is 22.0 Å². The number of nitro benzene ring substituents is 1. The normalized spacial score (nSPS) is 13.2. The van der Waals surface area contributed by atoms with E-state index in [9.17, 15) is 10.1 Å². The van der Waals surface area contributed by atoms with Gasteiger partial charge in [-0.25, -0.2) is 4.98 Å². The SMILES string of the molecule is O=[N+]([O-])c1ccc(-c2csc(N3COc4ccc5ccccc5c4C3)n2)cc1. The molecule has 4 aromatic rings. The summed E-state index contributed by atoms with van der Waals surface area (Å²) in [4.78, 5) is 17.3. The minimum Gasteiger partial charge on any atom is -0.473 e. The predicted molar refractivity (Wildman–Crippen MR) is 110 cm³/mol. The Morgan fingerprint density at radius 1 is 1.07 bits per heavy atom. The first-order valence-electron chi connectivity index (χ1n) is 8.78. The van der Waals surface area contributed by atoms with Crippen LogP contribution in [0.3, 0.4) is 0 Å². The quantitative estimate of drug-likeness (QED) is 0.355.